The number of anilines is 1. The summed E-state index contributed by atoms with van der Waals surface area (Å²) in [6.07, 6.45) is 5.56. The number of rotatable bonds is 3. The molecule has 0 bridgehead atoms. The molecule has 7 nitrogen and oxygen atoms in total. The van der Waals surface area contributed by atoms with E-state index in [4.69, 9.17) is 14.5 Å². The average molecular weight is 394 g/mol. The molecule has 1 aromatic carbocycles. The van der Waals surface area contributed by atoms with E-state index >= 15 is 0 Å². The first-order chi connectivity index (χ1) is 14.2. The summed E-state index contributed by atoms with van der Waals surface area (Å²) in [5.74, 6) is 0.525. The Kier molecular flexibility index (Phi) is 4.85. The molecular formula is C22H26N4O3. The van der Waals surface area contributed by atoms with Gasteiger partial charge in [0.05, 0.1) is 24.9 Å². The van der Waals surface area contributed by atoms with Gasteiger partial charge in [0.2, 0.25) is 0 Å². The minimum Gasteiger partial charge on any atom is -0.381 e. The van der Waals surface area contributed by atoms with Gasteiger partial charge in [-0.2, -0.15) is 0 Å². The number of aromatic nitrogens is 3. The SMILES string of the molecule is C[C@@H]1COCCN1c1nc(-c2cccc3[nH]ccc23)cn(C2CCOCC2)c1=O. The Morgan fingerprint density at radius 2 is 2.00 bits per heavy atom. The molecule has 2 aliphatic heterocycles. The summed E-state index contributed by atoms with van der Waals surface area (Å²) in [6.45, 7) is 5.35. The molecule has 1 N–H and O–H groups in total. The van der Waals surface area contributed by atoms with Gasteiger partial charge >= 0.3 is 0 Å². The number of benzene rings is 1. The van der Waals surface area contributed by atoms with E-state index in [1.54, 1.807) is 0 Å². The van der Waals surface area contributed by atoms with Crippen LogP contribution >= 0.6 is 0 Å². The third-order valence-corrected chi connectivity index (χ3v) is 6.01. The van der Waals surface area contributed by atoms with Crippen LogP contribution in [-0.2, 0) is 9.47 Å². The highest BCUT2D eigenvalue weighted by Crippen LogP contribution is 2.29. The first kappa shape index (κ1) is 18.4. The Morgan fingerprint density at radius 3 is 2.83 bits per heavy atom. The van der Waals surface area contributed by atoms with Gasteiger partial charge in [0.1, 0.15) is 0 Å². The van der Waals surface area contributed by atoms with E-state index in [0.717, 1.165) is 35.0 Å². The molecule has 0 saturated carbocycles. The first-order valence-electron chi connectivity index (χ1n) is 10.3. The molecule has 2 saturated heterocycles. The molecule has 0 amide bonds. The summed E-state index contributed by atoms with van der Waals surface area (Å²) in [5.41, 5.74) is 2.91. The zero-order chi connectivity index (χ0) is 19.8. The molecular weight excluding hydrogens is 368 g/mol. The van der Waals surface area contributed by atoms with Crippen molar-refractivity contribution in [3.8, 4) is 11.3 Å². The Labute approximate surface area is 169 Å². The Balaban J connectivity index is 1.69. The van der Waals surface area contributed by atoms with E-state index in [-0.39, 0.29) is 17.6 Å². The second kappa shape index (κ2) is 7.65. The fourth-order valence-corrected chi connectivity index (χ4v) is 4.40. The molecule has 29 heavy (non-hydrogen) atoms. The maximum atomic E-state index is 13.5. The van der Waals surface area contributed by atoms with Gasteiger partial charge in [0.25, 0.3) is 5.56 Å². The number of hydrogen-bond acceptors (Lipinski definition) is 5. The number of ether oxygens (including phenoxy) is 2. The highest BCUT2D eigenvalue weighted by molar-refractivity contribution is 5.94. The van der Waals surface area contributed by atoms with E-state index in [2.05, 4.69) is 35.0 Å². The summed E-state index contributed by atoms with van der Waals surface area (Å²) in [4.78, 5) is 23.7. The quantitative estimate of drug-likeness (QED) is 0.739. The Bertz CT molecular complexity index is 1070. The van der Waals surface area contributed by atoms with Crippen LogP contribution in [0.1, 0.15) is 25.8 Å². The summed E-state index contributed by atoms with van der Waals surface area (Å²) >= 11 is 0. The fraction of sp³-hybridized carbons (Fsp3) is 0.455. The van der Waals surface area contributed by atoms with E-state index in [1.165, 1.54) is 0 Å². The number of hydrogen-bond donors (Lipinski definition) is 1. The molecule has 0 unspecified atom stereocenters. The molecule has 2 aliphatic rings. The third kappa shape index (κ3) is 3.34. The van der Waals surface area contributed by atoms with Crippen LogP contribution in [0.2, 0.25) is 0 Å². The number of aromatic amines is 1. The molecule has 152 valence electrons. The monoisotopic (exact) mass is 394 g/mol. The minimum absolute atomic E-state index is 0.0179. The molecule has 0 spiro atoms. The molecule has 5 rings (SSSR count). The van der Waals surface area contributed by atoms with Crippen LogP contribution in [0.3, 0.4) is 0 Å². The standard InChI is InChI=1S/C22H26N4O3/c1-15-14-29-12-9-25(15)21-22(27)26(16-6-10-28-11-7-16)13-20(24-21)17-3-2-4-19-18(17)5-8-23-19/h2-5,8,13,15-16,23H,6-7,9-12,14H2,1H3/t15-/m1/s1. The number of nitrogens with one attached hydrogen (secondary N) is 1. The zero-order valence-electron chi connectivity index (χ0n) is 16.6. The molecule has 2 aromatic heterocycles. The van der Waals surface area contributed by atoms with Gasteiger partial charge in [-0.3, -0.25) is 4.79 Å². The lowest BCUT2D eigenvalue weighted by Crippen LogP contribution is -2.47. The average Bonchev–Trinajstić information content (AvgIpc) is 3.24. The van der Waals surface area contributed by atoms with Crippen molar-refractivity contribution in [2.24, 2.45) is 0 Å². The Hall–Kier alpha value is -2.64. The smallest absolute Gasteiger partial charge is 0.293 e. The van der Waals surface area contributed by atoms with E-state index < -0.39 is 0 Å². The maximum Gasteiger partial charge on any atom is 0.293 e. The minimum atomic E-state index is -0.0179. The van der Waals surface area contributed by atoms with Gasteiger partial charge in [-0.1, -0.05) is 12.1 Å². The van der Waals surface area contributed by atoms with Crippen LogP contribution in [0.15, 0.2) is 41.5 Å². The molecule has 3 aromatic rings. The second-order valence-electron chi connectivity index (χ2n) is 7.87. The van der Waals surface area contributed by atoms with Crippen LogP contribution < -0.4 is 10.5 Å². The summed E-state index contributed by atoms with van der Waals surface area (Å²) in [6, 6.07) is 8.47. The molecule has 0 aliphatic carbocycles. The molecule has 0 radical (unpaired) electrons. The van der Waals surface area contributed by atoms with E-state index in [1.807, 2.05) is 23.0 Å². The highest BCUT2D eigenvalue weighted by Gasteiger charge is 2.27. The van der Waals surface area contributed by atoms with Gasteiger partial charge in [-0.15, -0.1) is 0 Å². The van der Waals surface area contributed by atoms with Crippen LogP contribution in [0.4, 0.5) is 5.82 Å². The number of H-pyrrole nitrogens is 1. The van der Waals surface area contributed by atoms with Crippen molar-refractivity contribution in [2.45, 2.75) is 31.8 Å². The normalized spacial score (nSPS) is 21.0. The van der Waals surface area contributed by atoms with Crippen LogP contribution in [0, 0.1) is 0 Å². The van der Waals surface area contributed by atoms with Gasteiger partial charge in [0, 0.05) is 54.7 Å². The van der Waals surface area contributed by atoms with Crippen molar-refractivity contribution in [1.82, 2.24) is 14.5 Å². The van der Waals surface area contributed by atoms with Gasteiger partial charge in [-0.05, 0) is 31.9 Å². The topological polar surface area (TPSA) is 72.4 Å². The lowest BCUT2D eigenvalue weighted by molar-refractivity contribution is 0.0685. The zero-order valence-corrected chi connectivity index (χ0v) is 16.6. The van der Waals surface area contributed by atoms with Crippen molar-refractivity contribution in [2.75, 3.05) is 37.9 Å². The molecule has 4 heterocycles. The van der Waals surface area contributed by atoms with Gasteiger partial charge in [0.15, 0.2) is 5.82 Å². The predicted molar refractivity (Wildman–Crippen MR) is 113 cm³/mol. The lowest BCUT2D eigenvalue weighted by atomic mass is 10.1. The van der Waals surface area contributed by atoms with Crippen LogP contribution in [-0.4, -0.2) is 53.5 Å². The second-order valence-corrected chi connectivity index (χ2v) is 7.87. The van der Waals surface area contributed by atoms with Crippen LogP contribution in [0.5, 0.6) is 0 Å². The molecule has 7 heteroatoms. The van der Waals surface area contributed by atoms with E-state index in [9.17, 15) is 4.79 Å². The van der Waals surface area contributed by atoms with Crippen molar-refractivity contribution in [3.05, 3.63) is 47.0 Å². The lowest BCUT2D eigenvalue weighted by Gasteiger charge is -2.35. The summed E-state index contributed by atoms with van der Waals surface area (Å²) < 4.78 is 13.0. The number of nitrogens with zero attached hydrogens (tertiary/aromatic N) is 3. The predicted octanol–water partition coefficient (Wildman–Crippen LogP) is 2.97. The first-order valence-corrected chi connectivity index (χ1v) is 10.3. The van der Waals surface area contributed by atoms with Crippen molar-refractivity contribution in [1.29, 1.82) is 0 Å². The summed E-state index contributed by atoms with van der Waals surface area (Å²) in [5, 5.41) is 1.11. The summed E-state index contributed by atoms with van der Waals surface area (Å²) in [7, 11) is 0. The number of fused-ring (bicyclic) bond motifs is 1. The highest BCUT2D eigenvalue weighted by atomic mass is 16.5. The van der Waals surface area contributed by atoms with Crippen molar-refractivity contribution >= 4 is 16.7 Å². The molecule has 2 fully saturated rings. The number of morpholine rings is 1. The molecule has 1 atom stereocenters. The third-order valence-electron chi connectivity index (χ3n) is 6.01. The van der Waals surface area contributed by atoms with Crippen LogP contribution in [0.25, 0.3) is 22.2 Å². The van der Waals surface area contributed by atoms with Gasteiger partial charge < -0.3 is 23.9 Å². The largest absolute Gasteiger partial charge is 0.381 e. The fourth-order valence-electron chi connectivity index (χ4n) is 4.40. The van der Waals surface area contributed by atoms with Crippen molar-refractivity contribution < 1.29 is 9.47 Å². The maximum absolute atomic E-state index is 13.5. The van der Waals surface area contributed by atoms with Gasteiger partial charge in [-0.25, -0.2) is 4.98 Å². The van der Waals surface area contributed by atoms with E-state index in [0.29, 0.717) is 38.8 Å². The Morgan fingerprint density at radius 1 is 1.14 bits per heavy atom. The van der Waals surface area contributed by atoms with Crippen molar-refractivity contribution in [3.63, 3.8) is 0 Å².